The molecule has 0 aliphatic heterocycles. The van der Waals surface area contributed by atoms with Gasteiger partial charge in [-0.1, -0.05) is 31.0 Å². The fourth-order valence-electron chi connectivity index (χ4n) is 2.13. The van der Waals surface area contributed by atoms with Gasteiger partial charge in [0.05, 0.1) is 0 Å². The second-order valence-corrected chi connectivity index (χ2v) is 6.66. The third-order valence-corrected chi connectivity index (χ3v) is 3.38. The lowest BCUT2D eigenvalue weighted by Crippen LogP contribution is -2.39. The summed E-state index contributed by atoms with van der Waals surface area (Å²) in [4.78, 5) is 0. The molecule has 0 aliphatic carbocycles. The number of hydrogen-bond acceptors (Lipinski definition) is 1. The lowest BCUT2D eigenvalue weighted by Gasteiger charge is -2.25. The van der Waals surface area contributed by atoms with Crippen LogP contribution in [-0.2, 0) is 6.42 Å². The molecule has 0 radical (unpaired) electrons. The molecular formula is C16H25ClFN. The van der Waals surface area contributed by atoms with Gasteiger partial charge in [-0.05, 0) is 63.8 Å². The number of hydrogen-bond donors (Lipinski definition) is 1. The molecule has 1 atom stereocenters. The molecule has 0 spiro atoms. The molecular weight excluding hydrogens is 261 g/mol. The van der Waals surface area contributed by atoms with E-state index in [4.69, 9.17) is 11.6 Å². The zero-order chi connectivity index (χ0) is 14.5. The van der Waals surface area contributed by atoms with Gasteiger partial charge < -0.3 is 5.32 Å². The van der Waals surface area contributed by atoms with Crippen LogP contribution in [0.25, 0.3) is 0 Å². The Bertz CT molecular complexity index is 398. The minimum absolute atomic E-state index is 0.102. The van der Waals surface area contributed by atoms with Crippen LogP contribution in [0.15, 0.2) is 18.2 Å². The summed E-state index contributed by atoms with van der Waals surface area (Å²) < 4.78 is 13.8. The Hall–Kier alpha value is -0.600. The van der Waals surface area contributed by atoms with Gasteiger partial charge in [-0.2, -0.15) is 0 Å². The fraction of sp³-hybridized carbons (Fsp3) is 0.625. The van der Waals surface area contributed by atoms with Crippen molar-refractivity contribution in [2.24, 2.45) is 5.92 Å². The third-order valence-electron chi connectivity index (χ3n) is 3.14. The SMILES string of the molecule is CCCC(CNC(C)(C)C)Cc1ccc(Cl)cc1F. The molecule has 1 unspecified atom stereocenters. The maximum absolute atomic E-state index is 13.8. The lowest BCUT2D eigenvalue weighted by molar-refractivity contribution is 0.352. The predicted octanol–water partition coefficient (Wildman–Crippen LogP) is 4.83. The molecule has 108 valence electrons. The average Bonchev–Trinajstić information content (AvgIpc) is 2.28. The molecule has 0 amide bonds. The summed E-state index contributed by atoms with van der Waals surface area (Å²) in [6.45, 7) is 9.54. The van der Waals surface area contributed by atoms with E-state index in [0.29, 0.717) is 10.9 Å². The highest BCUT2D eigenvalue weighted by molar-refractivity contribution is 6.30. The number of halogens is 2. The summed E-state index contributed by atoms with van der Waals surface area (Å²) in [7, 11) is 0. The fourth-order valence-corrected chi connectivity index (χ4v) is 2.29. The summed E-state index contributed by atoms with van der Waals surface area (Å²) in [5.41, 5.74) is 0.864. The van der Waals surface area contributed by atoms with Crippen molar-refractivity contribution in [1.82, 2.24) is 5.32 Å². The van der Waals surface area contributed by atoms with E-state index in [2.05, 4.69) is 33.0 Å². The van der Waals surface area contributed by atoms with E-state index in [1.54, 1.807) is 12.1 Å². The molecule has 19 heavy (non-hydrogen) atoms. The molecule has 1 aromatic rings. The van der Waals surface area contributed by atoms with Gasteiger partial charge in [0.2, 0.25) is 0 Å². The van der Waals surface area contributed by atoms with E-state index in [0.717, 1.165) is 31.4 Å². The van der Waals surface area contributed by atoms with Crippen LogP contribution in [0.4, 0.5) is 4.39 Å². The highest BCUT2D eigenvalue weighted by atomic mass is 35.5. The molecule has 0 aromatic heterocycles. The first-order chi connectivity index (χ1) is 8.81. The largest absolute Gasteiger partial charge is 0.312 e. The highest BCUT2D eigenvalue weighted by Gasteiger charge is 2.16. The van der Waals surface area contributed by atoms with E-state index >= 15 is 0 Å². The first-order valence-electron chi connectivity index (χ1n) is 7.00. The standard InChI is InChI=1S/C16H25ClFN/c1-5-6-12(11-19-16(2,3)4)9-13-7-8-14(17)10-15(13)18/h7-8,10,12,19H,5-6,9,11H2,1-4H3. The maximum atomic E-state index is 13.8. The van der Waals surface area contributed by atoms with Gasteiger partial charge in [0, 0.05) is 10.6 Å². The molecule has 0 bridgehead atoms. The Kier molecular flexibility index (Phi) is 6.28. The average molecular weight is 286 g/mol. The van der Waals surface area contributed by atoms with Crippen LogP contribution in [0, 0.1) is 11.7 Å². The van der Waals surface area contributed by atoms with E-state index in [1.807, 2.05) is 0 Å². The van der Waals surface area contributed by atoms with Crippen molar-refractivity contribution in [1.29, 1.82) is 0 Å². The van der Waals surface area contributed by atoms with Crippen LogP contribution in [-0.4, -0.2) is 12.1 Å². The maximum Gasteiger partial charge on any atom is 0.127 e. The van der Waals surface area contributed by atoms with Crippen molar-refractivity contribution in [2.75, 3.05) is 6.54 Å². The van der Waals surface area contributed by atoms with E-state index < -0.39 is 0 Å². The number of benzene rings is 1. The zero-order valence-electron chi connectivity index (χ0n) is 12.4. The van der Waals surface area contributed by atoms with Crippen molar-refractivity contribution in [3.05, 3.63) is 34.6 Å². The molecule has 0 saturated carbocycles. The van der Waals surface area contributed by atoms with Crippen LogP contribution in [0.1, 0.15) is 46.1 Å². The minimum atomic E-state index is -0.190. The van der Waals surface area contributed by atoms with Crippen molar-refractivity contribution < 1.29 is 4.39 Å². The molecule has 1 nitrogen and oxygen atoms in total. The van der Waals surface area contributed by atoms with Crippen molar-refractivity contribution in [3.8, 4) is 0 Å². The van der Waals surface area contributed by atoms with Gasteiger partial charge in [-0.25, -0.2) is 4.39 Å². The minimum Gasteiger partial charge on any atom is -0.312 e. The lowest BCUT2D eigenvalue weighted by atomic mass is 9.93. The highest BCUT2D eigenvalue weighted by Crippen LogP contribution is 2.20. The van der Waals surface area contributed by atoms with Crippen molar-refractivity contribution >= 4 is 11.6 Å². The van der Waals surface area contributed by atoms with E-state index in [1.165, 1.54) is 6.07 Å². The van der Waals surface area contributed by atoms with Crippen molar-refractivity contribution in [2.45, 2.75) is 52.5 Å². The molecule has 1 N–H and O–H groups in total. The van der Waals surface area contributed by atoms with Crippen molar-refractivity contribution in [3.63, 3.8) is 0 Å². The van der Waals surface area contributed by atoms with E-state index in [9.17, 15) is 4.39 Å². The van der Waals surface area contributed by atoms with E-state index in [-0.39, 0.29) is 11.4 Å². The molecule has 0 aliphatic rings. The summed E-state index contributed by atoms with van der Waals surface area (Å²) in [6, 6.07) is 4.97. The molecule has 1 aromatic carbocycles. The van der Waals surface area contributed by atoms with Gasteiger partial charge in [-0.3, -0.25) is 0 Å². The number of nitrogens with one attached hydrogen (secondary N) is 1. The summed E-state index contributed by atoms with van der Waals surface area (Å²) in [5.74, 6) is 0.268. The van der Waals surface area contributed by atoms with Gasteiger partial charge in [-0.15, -0.1) is 0 Å². The van der Waals surface area contributed by atoms with Gasteiger partial charge >= 0.3 is 0 Å². The Morgan fingerprint density at radius 1 is 1.32 bits per heavy atom. The summed E-state index contributed by atoms with van der Waals surface area (Å²) >= 11 is 5.78. The molecule has 3 heteroatoms. The summed E-state index contributed by atoms with van der Waals surface area (Å²) in [5, 5.41) is 3.97. The van der Waals surface area contributed by atoms with Crippen LogP contribution >= 0.6 is 11.6 Å². The third kappa shape index (κ3) is 6.40. The first kappa shape index (κ1) is 16.5. The monoisotopic (exact) mass is 285 g/mol. The van der Waals surface area contributed by atoms with Crippen LogP contribution in [0.5, 0.6) is 0 Å². The molecule has 1 rings (SSSR count). The Morgan fingerprint density at radius 3 is 2.53 bits per heavy atom. The summed E-state index contributed by atoms with van der Waals surface area (Å²) in [6.07, 6.45) is 2.98. The quantitative estimate of drug-likeness (QED) is 0.790. The second-order valence-electron chi connectivity index (χ2n) is 6.23. The molecule has 0 saturated heterocycles. The Labute approximate surface area is 121 Å². The Balaban J connectivity index is 2.67. The smallest absolute Gasteiger partial charge is 0.127 e. The topological polar surface area (TPSA) is 12.0 Å². The molecule has 0 heterocycles. The first-order valence-corrected chi connectivity index (χ1v) is 7.38. The predicted molar refractivity (Wildman–Crippen MR) is 81.3 cm³/mol. The van der Waals surface area contributed by atoms with Crippen LogP contribution in [0.3, 0.4) is 0 Å². The van der Waals surface area contributed by atoms with Gasteiger partial charge in [0.15, 0.2) is 0 Å². The zero-order valence-corrected chi connectivity index (χ0v) is 13.1. The normalized spacial score (nSPS) is 13.6. The molecule has 0 fully saturated rings. The van der Waals surface area contributed by atoms with Crippen LogP contribution in [0.2, 0.25) is 5.02 Å². The Morgan fingerprint density at radius 2 is 2.00 bits per heavy atom. The van der Waals surface area contributed by atoms with Crippen LogP contribution < -0.4 is 5.32 Å². The van der Waals surface area contributed by atoms with Gasteiger partial charge in [0.25, 0.3) is 0 Å². The van der Waals surface area contributed by atoms with Gasteiger partial charge in [0.1, 0.15) is 5.82 Å². The number of rotatable bonds is 6. The second kappa shape index (κ2) is 7.25.